The number of fused-ring (bicyclic) bond motifs is 2. The van der Waals surface area contributed by atoms with Gasteiger partial charge in [0.1, 0.15) is 5.03 Å². The molecule has 0 saturated heterocycles. The van der Waals surface area contributed by atoms with E-state index in [1.54, 1.807) is 17.0 Å². The molecule has 0 spiro atoms. The number of carbonyl (C=O) groups is 1. The molecule has 1 N–H and O–H groups in total. The number of hydrogen-bond acceptors (Lipinski definition) is 7. The summed E-state index contributed by atoms with van der Waals surface area (Å²) in [6.45, 7) is 2.52. The normalized spacial score (nSPS) is 12.8. The summed E-state index contributed by atoms with van der Waals surface area (Å²) in [5.41, 5.74) is 4.91. The number of carbonyl (C=O) groups excluding carboxylic acids is 1. The fourth-order valence-electron chi connectivity index (χ4n) is 3.91. The Morgan fingerprint density at radius 1 is 1.19 bits per heavy atom. The lowest BCUT2D eigenvalue weighted by Crippen LogP contribution is -2.28. The maximum atomic E-state index is 12.8. The van der Waals surface area contributed by atoms with E-state index in [2.05, 4.69) is 26.3 Å². The van der Waals surface area contributed by atoms with E-state index in [1.165, 1.54) is 23.1 Å². The van der Waals surface area contributed by atoms with Crippen molar-refractivity contribution >= 4 is 44.4 Å². The lowest BCUT2D eigenvalue weighted by molar-refractivity contribution is -0.113. The third-order valence-corrected chi connectivity index (χ3v) is 7.37. The van der Waals surface area contributed by atoms with Crippen molar-refractivity contribution in [2.75, 3.05) is 11.1 Å². The molecule has 0 fully saturated rings. The molecule has 0 radical (unpaired) electrons. The predicted molar refractivity (Wildman–Crippen MR) is 128 cm³/mol. The Kier molecular flexibility index (Phi) is 5.75. The molecule has 9 heteroatoms. The molecule has 3 heterocycles. The quantitative estimate of drug-likeness (QED) is 0.345. The Labute approximate surface area is 193 Å². The van der Waals surface area contributed by atoms with E-state index in [9.17, 15) is 9.59 Å². The minimum atomic E-state index is -0.271. The van der Waals surface area contributed by atoms with E-state index >= 15 is 0 Å². The van der Waals surface area contributed by atoms with Crippen molar-refractivity contribution in [3.8, 4) is 0 Å². The van der Waals surface area contributed by atoms with Crippen LogP contribution in [0.3, 0.4) is 0 Å². The highest BCUT2D eigenvalue weighted by molar-refractivity contribution is 8.00. The summed E-state index contributed by atoms with van der Waals surface area (Å²) in [5.74, 6) is 0.0302. The average molecular weight is 464 g/mol. The summed E-state index contributed by atoms with van der Waals surface area (Å²) in [4.78, 5) is 38.2. The smallest absolute Gasteiger partial charge is 0.301 e. The van der Waals surface area contributed by atoms with Gasteiger partial charge in [-0.25, -0.2) is 9.78 Å². The van der Waals surface area contributed by atoms with Crippen LogP contribution in [0.2, 0.25) is 0 Å². The van der Waals surface area contributed by atoms with Crippen LogP contribution in [0, 0.1) is 6.92 Å². The van der Waals surface area contributed by atoms with Gasteiger partial charge in [-0.2, -0.15) is 4.98 Å². The van der Waals surface area contributed by atoms with Gasteiger partial charge in [-0.1, -0.05) is 29.2 Å². The van der Waals surface area contributed by atoms with Gasteiger partial charge in [0.15, 0.2) is 5.13 Å². The van der Waals surface area contributed by atoms with E-state index in [0.717, 1.165) is 51.9 Å². The summed E-state index contributed by atoms with van der Waals surface area (Å²) in [7, 11) is 0. The highest BCUT2D eigenvalue weighted by atomic mass is 32.2. The van der Waals surface area contributed by atoms with Gasteiger partial charge in [0, 0.05) is 23.7 Å². The first-order valence-corrected chi connectivity index (χ1v) is 12.2. The number of aromatic nitrogens is 4. The number of aryl methyl sites for hydroxylation is 1. The zero-order valence-corrected chi connectivity index (χ0v) is 19.1. The Bertz CT molecular complexity index is 1360. The van der Waals surface area contributed by atoms with E-state index < -0.39 is 0 Å². The van der Waals surface area contributed by atoms with Crippen molar-refractivity contribution in [2.45, 2.75) is 37.8 Å². The first-order valence-electron chi connectivity index (χ1n) is 10.4. The number of rotatable bonds is 6. The number of hydrogen-bond donors (Lipinski definition) is 1. The van der Waals surface area contributed by atoms with Crippen LogP contribution in [0.15, 0.2) is 52.5 Å². The van der Waals surface area contributed by atoms with Gasteiger partial charge in [-0.05, 0) is 61.6 Å². The molecule has 0 unspecified atom stereocenters. The van der Waals surface area contributed by atoms with Crippen LogP contribution in [0.5, 0.6) is 0 Å². The Morgan fingerprint density at radius 3 is 2.88 bits per heavy atom. The lowest BCUT2D eigenvalue weighted by Gasteiger charge is -2.14. The maximum absolute atomic E-state index is 12.8. The van der Waals surface area contributed by atoms with Crippen molar-refractivity contribution in [1.82, 2.24) is 19.5 Å². The van der Waals surface area contributed by atoms with E-state index in [4.69, 9.17) is 0 Å². The van der Waals surface area contributed by atoms with Crippen LogP contribution in [0.4, 0.5) is 5.13 Å². The van der Waals surface area contributed by atoms with Gasteiger partial charge in [-0.3, -0.25) is 14.3 Å². The van der Waals surface area contributed by atoms with E-state index in [1.807, 2.05) is 31.2 Å². The number of amides is 1. The Hall–Kier alpha value is -3.04. The molecular formula is C23H21N5O2S2. The summed E-state index contributed by atoms with van der Waals surface area (Å²) >= 11 is 2.78. The van der Waals surface area contributed by atoms with Crippen LogP contribution in [-0.2, 0) is 24.2 Å². The first-order chi connectivity index (χ1) is 15.6. The number of nitrogens with one attached hydrogen (secondary N) is 1. The largest absolute Gasteiger partial charge is 0.349 e. The molecule has 1 aliphatic carbocycles. The number of anilines is 1. The molecule has 5 rings (SSSR count). The van der Waals surface area contributed by atoms with Crippen LogP contribution in [0.1, 0.15) is 28.8 Å². The van der Waals surface area contributed by atoms with Gasteiger partial charge < -0.3 is 5.32 Å². The SMILES string of the molecule is Cc1ccc2nc(NC(=O)CSc3nc(=O)n(Cc4ccncc4)c4c3CCC4)sc2c1. The molecule has 0 aliphatic heterocycles. The lowest BCUT2D eigenvalue weighted by atomic mass is 10.2. The minimum absolute atomic E-state index is 0.153. The number of benzene rings is 1. The first kappa shape index (κ1) is 20.8. The third kappa shape index (κ3) is 4.31. The monoisotopic (exact) mass is 463 g/mol. The Morgan fingerprint density at radius 2 is 2.03 bits per heavy atom. The standard InChI is InChI=1S/C23H21N5O2S2/c1-14-5-6-17-19(11-14)32-22(25-17)26-20(29)13-31-21-16-3-2-4-18(16)28(23(30)27-21)12-15-7-9-24-10-8-15/h5-11H,2-4,12-13H2,1H3,(H,25,26,29). The van der Waals surface area contributed by atoms with Crippen LogP contribution in [0.25, 0.3) is 10.2 Å². The summed E-state index contributed by atoms with van der Waals surface area (Å²) in [5, 5.41) is 4.13. The molecule has 0 saturated carbocycles. The zero-order valence-electron chi connectivity index (χ0n) is 17.5. The molecule has 162 valence electrons. The van der Waals surface area contributed by atoms with Crippen LogP contribution < -0.4 is 11.0 Å². The minimum Gasteiger partial charge on any atom is -0.301 e. The zero-order chi connectivity index (χ0) is 22.1. The molecule has 0 bridgehead atoms. The van der Waals surface area contributed by atoms with E-state index in [-0.39, 0.29) is 17.3 Å². The molecule has 4 aromatic rings. The number of thiazole rings is 1. The van der Waals surface area contributed by atoms with Gasteiger partial charge in [0.05, 0.1) is 22.5 Å². The summed E-state index contributed by atoms with van der Waals surface area (Å²) in [6, 6.07) is 9.84. The van der Waals surface area contributed by atoms with Crippen LogP contribution in [-0.4, -0.2) is 31.2 Å². The molecule has 3 aromatic heterocycles. The second-order valence-corrected chi connectivity index (χ2v) is 9.74. The molecule has 7 nitrogen and oxygen atoms in total. The molecule has 1 aliphatic rings. The van der Waals surface area contributed by atoms with Crippen molar-refractivity contribution in [3.05, 3.63) is 75.6 Å². The second kappa shape index (κ2) is 8.84. The molecule has 1 aromatic carbocycles. The topological polar surface area (TPSA) is 89.8 Å². The molecule has 1 amide bonds. The van der Waals surface area contributed by atoms with Crippen molar-refractivity contribution in [2.24, 2.45) is 0 Å². The molecule has 0 atom stereocenters. The van der Waals surface area contributed by atoms with E-state index in [0.29, 0.717) is 16.7 Å². The van der Waals surface area contributed by atoms with Crippen LogP contribution >= 0.6 is 23.1 Å². The fourth-order valence-corrected chi connectivity index (χ4v) is 5.77. The van der Waals surface area contributed by atoms with Crippen molar-refractivity contribution in [1.29, 1.82) is 0 Å². The number of pyridine rings is 1. The Balaban J connectivity index is 1.31. The number of thioether (sulfide) groups is 1. The van der Waals surface area contributed by atoms with Gasteiger partial charge in [0.2, 0.25) is 5.91 Å². The van der Waals surface area contributed by atoms with Gasteiger partial charge >= 0.3 is 5.69 Å². The van der Waals surface area contributed by atoms with Gasteiger partial charge in [-0.15, -0.1) is 0 Å². The molecule has 32 heavy (non-hydrogen) atoms. The predicted octanol–water partition coefficient (Wildman–Crippen LogP) is 3.82. The maximum Gasteiger partial charge on any atom is 0.349 e. The summed E-state index contributed by atoms with van der Waals surface area (Å²) in [6.07, 6.45) is 6.16. The third-order valence-electron chi connectivity index (χ3n) is 5.42. The summed E-state index contributed by atoms with van der Waals surface area (Å²) < 4.78 is 2.80. The van der Waals surface area contributed by atoms with Crippen molar-refractivity contribution < 1.29 is 4.79 Å². The average Bonchev–Trinajstić information content (AvgIpc) is 3.42. The van der Waals surface area contributed by atoms with Gasteiger partial charge in [0.25, 0.3) is 0 Å². The van der Waals surface area contributed by atoms with Crippen molar-refractivity contribution in [3.63, 3.8) is 0 Å². The fraction of sp³-hybridized carbons (Fsp3) is 0.261. The highest BCUT2D eigenvalue weighted by Gasteiger charge is 2.22. The highest BCUT2D eigenvalue weighted by Crippen LogP contribution is 2.30. The number of nitrogens with zero attached hydrogens (tertiary/aromatic N) is 4. The molecular weight excluding hydrogens is 442 g/mol. The second-order valence-electron chi connectivity index (χ2n) is 7.75.